The van der Waals surface area contributed by atoms with Gasteiger partial charge in [-0.2, -0.15) is 0 Å². The number of hydrogen-bond donors (Lipinski definition) is 0. The molecule has 0 aliphatic carbocycles. The lowest BCUT2D eigenvalue weighted by atomic mass is 10.3. The van der Waals surface area contributed by atoms with Crippen molar-refractivity contribution >= 4 is 11.9 Å². The van der Waals surface area contributed by atoms with Crippen molar-refractivity contribution in [2.45, 2.75) is 12.8 Å². The molecule has 0 aromatic carbocycles. The van der Waals surface area contributed by atoms with Gasteiger partial charge in [0.2, 0.25) is 0 Å². The summed E-state index contributed by atoms with van der Waals surface area (Å²) in [7, 11) is 0. The highest BCUT2D eigenvalue weighted by atomic mass is 16.6. The Bertz CT molecular complexity index is 468. The molecule has 0 bridgehead atoms. The van der Waals surface area contributed by atoms with Crippen LogP contribution in [0.2, 0.25) is 0 Å². The maximum atomic E-state index is 11.7. The van der Waals surface area contributed by atoms with Gasteiger partial charge in [0.1, 0.15) is 13.2 Å². The molecule has 0 amide bonds. The lowest BCUT2D eigenvalue weighted by Gasteiger charge is -2.25. The highest BCUT2D eigenvalue weighted by Gasteiger charge is 2.13. The SMILES string of the molecule is O=C(CCN1CCOCC1)OCCOCCOCCOCCOC(=O)CCN1CCOCC1. The maximum absolute atomic E-state index is 11.7. The predicted octanol–water partition coefficient (Wildman–Crippen LogP) is -0.433. The van der Waals surface area contributed by atoms with Gasteiger partial charge in [-0.25, -0.2) is 0 Å². The Kier molecular flexibility index (Phi) is 16.1. The molecule has 0 aromatic rings. The summed E-state index contributed by atoms with van der Waals surface area (Å²) in [5, 5.41) is 0. The normalized spacial score (nSPS) is 17.7. The van der Waals surface area contributed by atoms with Crippen LogP contribution in [0.25, 0.3) is 0 Å². The van der Waals surface area contributed by atoms with Crippen molar-refractivity contribution in [2.24, 2.45) is 0 Å². The zero-order chi connectivity index (χ0) is 23.4. The molecule has 2 saturated heterocycles. The minimum atomic E-state index is -0.207. The molecule has 33 heavy (non-hydrogen) atoms. The molecule has 0 saturated carbocycles. The lowest BCUT2D eigenvalue weighted by molar-refractivity contribution is -0.146. The smallest absolute Gasteiger partial charge is 0.307 e. The molecule has 2 fully saturated rings. The molecule has 2 aliphatic heterocycles. The van der Waals surface area contributed by atoms with Crippen LogP contribution in [0, 0.1) is 0 Å². The van der Waals surface area contributed by atoms with E-state index in [1.807, 2.05) is 0 Å². The van der Waals surface area contributed by atoms with Gasteiger partial charge < -0.3 is 33.2 Å². The lowest BCUT2D eigenvalue weighted by Crippen LogP contribution is -2.37. The van der Waals surface area contributed by atoms with E-state index in [1.165, 1.54) is 0 Å². The molecule has 0 atom stereocenters. The third kappa shape index (κ3) is 15.2. The summed E-state index contributed by atoms with van der Waals surface area (Å²) in [6.45, 7) is 10.7. The van der Waals surface area contributed by atoms with Crippen molar-refractivity contribution in [3.05, 3.63) is 0 Å². The fourth-order valence-electron chi connectivity index (χ4n) is 3.26. The van der Waals surface area contributed by atoms with Crippen LogP contribution in [0.4, 0.5) is 0 Å². The first-order valence-electron chi connectivity index (χ1n) is 11.9. The Morgan fingerprint density at radius 3 is 1.24 bits per heavy atom. The van der Waals surface area contributed by atoms with Gasteiger partial charge in [-0.1, -0.05) is 0 Å². The van der Waals surface area contributed by atoms with Crippen molar-refractivity contribution in [3.63, 3.8) is 0 Å². The molecule has 0 unspecified atom stereocenters. The van der Waals surface area contributed by atoms with E-state index in [9.17, 15) is 9.59 Å². The van der Waals surface area contributed by atoms with E-state index in [2.05, 4.69) is 9.80 Å². The molecule has 0 aromatic heterocycles. The Labute approximate surface area is 196 Å². The summed E-state index contributed by atoms with van der Waals surface area (Å²) in [6.07, 6.45) is 0.771. The molecule has 0 N–H and O–H groups in total. The number of rotatable bonds is 18. The highest BCUT2D eigenvalue weighted by Crippen LogP contribution is 2.00. The van der Waals surface area contributed by atoms with Gasteiger partial charge in [0.25, 0.3) is 0 Å². The third-order valence-corrected chi connectivity index (χ3v) is 5.20. The molecule has 2 aliphatic rings. The standard InChI is InChI=1S/C22H40N2O9/c25-21(1-3-23-5-9-27-10-6-23)32-19-17-30-15-13-29-14-16-31-18-20-33-22(26)2-4-24-7-11-28-12-8-24/h1-20H2. The Morgan fingerprint density at radius 1 is 0.545 bits per heavy atom. The quantitative estimate of drug-likeness (QED) is 0.190. The molecule has 0 radical (unpaired) electrons. The van der Waals surface area contributed by atoms with Crippen molar-refractivity contribution in [1.82, 2.24) is 9.80 Å². The Balaban J connectivity index is 1.25. The van der Waals surface area contributed by atoms with Crippen molar-refractivity contribution < 1.29 is 42.7 Å². The van der Waals surface area contributed by atoms with E-state index in [-0.39, 0.29) is 25.2 Å². The molecule has 0 spiro atoms. The van der Waals surface area contributed by atoms with Crippen LogP contribution in [0.15, 0.2) is 0 Å². The van der Waals surface area contributed by atoms with E-state index in [0.717, 1.165) is 52.6 Å². The van der Waals surface area contributed by atoms with E-state index >= 15 is 0 Å². The molecule has 11 nitrogen and oxygen atoms in total. The van der Waals surface area contributed by atoms with E-state index in [4.69, 9.17) is 33.2 Å². The van der Waals surface area contributed by atoms with Crippen molar-refractivity contribution in [2.75, 3.05) is 119 Å². The average Bonchev–Trinajstić information content (AvgIpc) is 2.85. The van der Waals surface area contributed by atoms with Crippen LogP contribution in [-0.4, -0.2) is 140 Å². The van der Waals surface area contributed by atoms with Crippen molar-refractivity contribution in [1.29, 1.82) is 0 Å². The first-order chi connectivity index (χ1) is 16.2. The number of carbonyl (C=O) groups excluding carboxylic acids is 2. The average molecular weight is 477 g/mol. The molecular weight excluding hydrogens is 436 g/mol. The summed E-state index contributed by atoms with van der Waals surface area (Å²) in [5.41, 5.74) is 0. The van der Waals surface area contributed by atoms with E-state index < -0.39 is 0 Å². The van der Waals surface area contributed by atoms with E-state index in [1.54, 1.807) is 0 Å². The van der Waals surface area contributed by atoms with Gasteiger partial charge in [0, 0.05) is 39.3 Å². The Hall–Kier alpha value is -1.34. The van der Waals surface area contributed by atoms with Gasteiger partial charge >= 0.3 is 11.9 Å². The van der Waals surface area contributed by atoms with Crippen LogP contribution >= 0.6 is 0 Å². The summed E-state index contributed by atoms with van der Waals surface area (Å²) >= 11 is 0. The summed E-state index contributed by atoms with van der Waals surface area (Å²) in [4.78, 5) is 27.8. The first kappa shape index (κ1) is 27.9. The second kappa shape index (κ2) is 19.0. The largest absolute Gasteiger partial charge is 0.463 e. The number of nitrogens with zero attached hydrogens (tertiary/aromatic N) is 2. The van der Waals surface area contributed by atoms with Gasteiger partial charge in [-0.3, -0.25) is 19.4 Å². The summed E-state index contributed by atoms with van der Waals surface area (Å²) < 4.78 is 37.0. The molecular formula is C22H40N2O9. The predicted molar refractivity (Wildman–Crippen MR) is 118 cm³/mol. The monoisotopic (exact) mass is 476 g/mol. The number of carbonyl (C=O) groups is 2. The topological polar surface area (TPSA) is 105 Å². The molecule has 2 heterocycles. The molecule has 192 valence electrons. The minimum absolute atomic E-state index is 0.207. The third-order valence-electron chi connectivity index (χ3n) is 5.20. The van der Waals surface area contributed by atoms with E-state index in [0.29, 0.717) is 65.6 Å². The van der Waals surface area contributed by atoms with Gasteiger partial charge in [0.15, 0.2) is 0 Å². The first-order valence-corrected chi connectivity index (χ1v) is 11.9. The number of hydrogen-bond acceptors (Lipinski definition) is 11. The number of esters is 2. The van der Waals surface area contributed by atoms with Crippen LogP contribution in [-0.2, 0) is 42.7 Å². The number of ether oxygens (including phenoxy) is 7. The second-order valence-electron chi connectivity index (χ2n) is 7.69. The molecule has 11 heteroatoms. The fraction of sp³-hybridized carbons (Fsp3) is 0.909. The van der Waals surface area contributed by atoms with Gasteiger partial charge in [-0.05, 0) is 0 Å². The van der Waals surface area contributed by atoms with Crippen LogP contribution in [0.5, 0.6) is 0 Å². The van der Waals surface area contributed by atoms with Crippen LogP contribution < -0.4 is 0 Å². The highest BCUT2D eigenvalue weighted by molar-refractivity contribution is 5.69. The van der Waals surface area contributed by atoms with Gasteiger partial charge in [0.05, 0.1) is 78.9 Å². The maximum Gasteiger partial charge on any atom is 0.307 e. The van der Waals surface area contributed by atoms with Crippen LogP contribution in [0.3, 0.4) is 0 Å². The fourth-order valence-corrected chi connectivity index (χ4v) is 3.26. The molecule has 2 rings (SSSR count). The Morgan fingerprint density at radius 2 is 0.879 bits per heavy atom. The van der Waals surface area contributed by atoms with Crippen LogP contribution in [0.1, 0.15) is 12.8 Å². The summed E-state index contributed by atoms with van der Waals surface area (Å²) in [6, 6.07) is 0. The number of morpholine rings is 2. The minimum Gasteiger partial charge on any atom is -0.463 e. The zero-order valence-electron chi connectivity index (χ0n) is 19.7. The zero-order valence-corrected chi connectivity index (χ0v) is 19.7. The van der Waals surface area contributed by atoms with Crippen molar-refractivity contribution in [3.8, 4) is 0 Å². The second-order valence-corrected chi connectivity index (χ2v) is 7.69. The summed E-state index contributed by atoms with van der Waals surface area (Å²) in [5.74, 6) is -0.414. The van der Waals surface area contributed by atoms with Gasteiger partial charge in [-0.15, -0.1) is 0 Å².